The van der Waals surface area contributed by atoms with Gasteiger partial charge in [-0.15, -0.1) is 21.5 Å². The summed E-state index contributed by atoms with van der Waals surface area (Å²) >= 11 is 3.04. The van der Waals surface area contributed by atoms with Crippen LogP contribution >= 0.6 is 23.1 Å². The number of amides is 1. The molecule has 28 heavy (non-hydrogen) atoms. The molecule has 0 fully saturated rings. The van der Waals surface area contributed by atoms with E-state index in [1.807, 2.05) is 59.3 Å². The maximum atomic E-state index is 12.3. The van der Waals surface area contributed by atoms with Gasteiger partial charge in [0.15, 0.2) is 15.9 Å². The summed E-state index contributed by atoms with van der Waals surface area (Å²) in [6, 6.07) is 11.8. The molecule has 0 aliphatic carbocycles. The van der Waals surface area contributed by atoms with Crippen molar-refractivity contribution in [1.82, 2.24) is 19.6 Å². The van der Waals surface area contributed by atoms with E-state index in [2.05, 4.69) is 22.1 Å². The van der Waals surface area contributed by atoms with Crippen LogP contribution in [0.5, 0.6) is 0 Å². The van der Waals surface area contributed by atoms with Crippen molar-refractivity contribution in [2.45, 2.75) is 31.7 Å². The molecule has 1 aromatic carbocycles. The highest BCUT2D eigenvalue weighted by Gasteiger charge is 2.19. The van der Waals surface area contributed by atoms with Gasteiger partial charge in [0, 0.05) is 24.3 Å². The Morgan fingerprint density at radius 1 is 1.18 bits per heavy atom. The van der Waals surface area contributed by atoms with Gasteiger partial charge in [0.2, 0.25) is 5.91 Å². The molecule has 0 aliphatic rings. The van der Waals surface area contributed by atoms with Crippen LogP contribution in [0.25, 0.3) is 5.65 Å². The van der Waals surface area contributed by atoms with E-state index in [4.69, 9.17) is 0 Å². The normalized spacial score (nSPS) is 11.1. The fourth-order valence-electron chi connectivity index (χ4n) is 2.81. The molecule has 0 spiro atoms. The fourth-order valence-corrected chi connectivity index (χ4v) is 4.62. The fraction of sp³-hybridized carbons (Fsp3) is 0.200. The number of pyridine rings is 1. The number of fused-ring (bicyclic) bond motifs is 1. The van der Waals surface area contributed by atoms with Crippen molar-refractivity contribution in [2.75, 3.05) is 4.90 Å². The van der Waals surface area contributed by atoms with Gasteiger partial charge in [-0.05, 0) is 49.2 Å². The predicted molar refractivity (Wildman–Crippen MR) is 113 cm³/mol. The Bertz CT molecular complexity index is 1150. The zero-order valence-corrected chi connectivity index (χ0v) is 17.4. The van der Waals surface area contributed by atoms with Crippen LogP contribution in [0.3, 0.4) is 0 Å². The number of anilines is 2. The van der Waals surface area contributed by atoms with E-state index in [0.29, 0.717) is 10.9 Å². The first-order chi connectivity index (χ1) is 13.5. The van der Waals surface area contributed by atoms with E-state index in [1.165, 1.54) is 16.9 Å². The highest BCUT2D eigenvalue weighted by molar-refractivity contribution is 7.98. The molecular formula is C20H19N5OS2. The minimum absolute atomic E-state index is 0.0553. The summed E-state index contributed by atoms with van der Waals surface area (Å²) in [5.41, 5.74) is 4.92. The molecule has 3 aromatic heterocycles. The second kappa shape index (κ2) is 7.73. The summed E-state index contributed by atoms with van der Waals surface area (Å²) in [5.74, 6) is 0.602. The second-order valence-electron chi connectivity index (χ2n) is 6.44. The SMILES string of the molecule is CC(=O)N(c1ccc(C)c(C)c1)c1nc(CSc2nnc3ccccn23)cs1. The van der Waals surface area contributed by atoms with Crippen molar-refractivity contribution in [3.05, 3.63) is 64.8 Å². The van der Waals surface area contributed by atoms with Crippen molar-refractivity contribution < 1.29 is 4.79 Å². The lowest BCUT2D eigenvalue weighted by Crippen LogP contribution is -2.22. The zero-order valence-electron chi connectivity index (χ0n) is 15.8. The van der Waals surface area contributed by atoms with E-state index in [-0.39, 0.29) is 5.91 Å². The number of benzene rings is 1. The molecule has 3 heterocycles. The van der Waals surface area contributed by atoms with Crippen LogP contribution < -0.4 is 4.90 Å². The molecule has 0 aliphatic heterocycles. The van der Waals surface area contributed by atoms with Gasteiger partial charge < -0.3 is 0 Å². The van der Waals surface area contributed by atoms with Gasteiger partial charge in [-0.2, -0.15) is 0 Å². The summed E-state index contributed by atoms with van der Waals surface area (Å²) in [6.45, 7) is 5.67. The second-order valence-corrected chi connectivity index (χ2v) is 8.22. The number of thiazole rings is 1. The number of aryl methyl sites for hydroxylation is 2. The van der Waals surface area contributed by atoms with Gasteiger partial charge in [0.1, 0.15) is 0 Å². The molecule has 0 radical (unpaired) electrons. The third kappa shape index (κ3) is 3.65. The van der Waals surface area contributed by atoms with Crippen molar-refractivity contribution in [2.24, 2.45) is 0 Å². The molecule has 6 nitrogen and oxygen atoms in total. The molecule has 4 aromatic rings. The van der Waals surface area contributed by atoms with Crippen LogP contribution in [-0.2, 0) is 10.5 Å². The highest BCUT2D eigenvalue weighted by Crippen LogP contribution is 2.32. The lowest BCUT2D eigenvalue weighted by Gasteiger charge is -2.19. The number of carbonyl (C=O) groups is 1. The molecule has 0 saturated carbocycles. The summed E-state index contributed by atoms with van der Waals surface area (Å²) in [7, 11) is 0. The molecule has 1 amide bonds. The maximum absolute atomic E-state index is 12.3. The van der Waals surface area contributed by atoms with Crippen LogP contribution in [-0.4, -0.2) is 25.5 Å². The lowest BCUT2D eigenvalue weighted by molar-refractivity contribution is -0.115. The predicted octanol–water partition coefficient (Wildman–Crippen LogP) is 4.78. The standard InChI is InChI=1S/C20H19N5OS2/c1-13-7-8-17(10-14(13)2)25(15(3)26)19-21-16(11-27-19)12-28-20-23-22-18-6-4-5-9-24(18)20/h4-11H,12H2,1-3H3. The number of hydrogen-bond acceptors (Lipinski definition) is 6. The lowest BCUT2D eigenvalue weighted by atomic mass is 10.1. The van der Waals surface area contributed by atoms with Crippen LogP contribution in [0.4, 0.5) is 10.8 Å². The van der Waals surface area contributed by atoms with Gasteiger partial charge >= 0.3 is 0 Å². The van der Waals surface area contributed by atoms with Crippen molar-refractivity contribution >= 4 is 45.5 Å². The van der Waals surface area contributed by atoms with E-state index < -0.39 is 0 Å². The number of aromatic nitrogens is 4. The van der Waals surface area contributed by atoms with E-state index in [1.54, 1.807) is 23.6 Å². The van der Waals surface area contributed by atoms with Crippen molar-refractivity contribution in [3.8, 4) is 0 Å². The Morgan fingerprint density at radius 2 is 2.04 bits per heavy atom. The minimum Gasteiger partial charge on any atom is -0.277 e. The average molecular weight is 410 g/mol. The smallest absolute Gasteiger partial charge is 0.230 e. The summed E-state index contributed by atoms with van der Waals surface area (Å²) in [5, 5.41) is 11.9. The largest absolute Gasteiger partial charge is 0.277 e. The molecule has 142 valence electrons. The Labute approximate surface area is 171 Å². The highest BCUT2D eigenvalue weighted by atomic mass is 32.2. The first-order valence-electron chi connectivity index (χ1n) is 8.78. The van der Waals surface area contributed by atoms with E-state index >= 15 is 0 Å². The Kier molecular flexibility index (Phi) is 5.15. The number of thioether (sulfide) groups is 1. The summed E-state index contributed by atoms with van der Waals surface area (Å²) in [4.78, 5) is 18.7. The average Bonchev–Trinajstić information content (AvgIpc) is 3.30. The van der Waals surface area contributed by atoms with E-state index in [9.17, 15) is 4.79 Å². The Morgan fingerprint density at radius 3 is 2.82 bits per heavy atom. The molecule has 0 N–H and O–H groups in total. The first kappa shape index (κ1) is 18.6. The summed E-state index contributed by atoms with van der Waals surface area (Å²) in [6.07, 6.45) is 1.95. The molecule has 0 atom stereocenters. The van der Waals surface area contributed by atoms with Crippen molar-refractivity contribution in [1.29, 1.82) is 0 Å². The Hall–Kier alpha value is -2.71. The minimum atomic E-state index is -0.0553. The quantitative estimate of drug-likeness (QED) is 0.444. The molecular weight excluding hydrogens is 390 g/mol. The third-order valence-corrected chi connectivity index (χ3v) is 6.28. The first-order valence-corrected chi connectivity index (χ1v) is 10.6. The molecule has 0 unspecified atom stereocenters. The van der Waals surface area contributed by atoms with Gasteiger partial charge in [0.25, 0.3) is 0 Å². The molecule has 0 saturated heterocycles. The third-order valence-electron chi connectivity index (χ3n) is 4.43. The van der Waals surface area contributed by atoms with Crippen LogP contribution in [0.1, 0.15) is 23.7 Å². The monoisotopic (exact) mass is 409 g/mol. The van der Waals surface area contributed by atoms with E-state index in [0.717, 1.165) is 27.7 Å². The van der Waals surface area contributed by atoms with Crippen LogP contribution in [0, 0.1) is 13.8 Å². The molecule has 0 bridgehead atoms. The topological polar surface area (TPSA) is 63.4 Å². The number of rotatable bonds is 5. The molecule has 8 heteroatoms. The maximum Gasteiger partial charge on any atom is 0.230 e. The Balaban J connectivity index is 1.55. The van der Waals surface area contributed by atoms with Crippen molar-refractivity contribution in [3.63, 3.8) is 0 Å². The van der Waals surface area contributed by atoms with Gasteiger partial charge in [-0.3, -0.25) is 14.1 Å². The number of hydrogen-bond donors (Lipinski definition) is 0. The number of nitrogens with zero attached hydrogens (tertiary/aromatic N) is 5. The summed E-state index contributed by atoms with van der Waals surface area (Å²) < 4.78 is 1.95. The zero-order chi connectivity index (χ0) is 19.7. The van der Waals surface area contributed by atoms with Gasteiger partial charge in [-0.25, -0.2) is 4.98 Å². The van der Waals surface area contributed by atoms with Crippen LogP contribution in [0.15, 0.2) is 53.1 Å². The van der Waals surface area contributed by atoms with Crippen LogP contribution in [0.2, 0.25) is 0 Å². The molecule has 4 rings (SSSR count). The van der Waals surface area contributed by atoms with Gasteiger partial charge in [0.05, 0.1) is 11.4 Å². The van der Waals surface area contributed by atoms with Gasteiger partial charge in [-0.1, -0.05) is 23.9 Å². The number of carbonyl (C=O) groups excluding carboxylic acids is 1.